The summed E-state index contributed by atoms with van der Waals surface area (Å²) in [4.78, 5) is 12.5. The van der Waals surface area contributed by atoms with Gasteiger partial charge in [0, 0.05) is 25.1 Å². The minimum Gasteiger partial charge on any atom is -0.456 e. The molecule has 6 nitrogen and oxygen atoms in total. The number of likely N-dealkylation sites (N-methyl/N-ethyl adjacent to an activating group) is 1. The number of hydrogen-bond acceptors (Lipinski definition) is 4. The van der Waals surface area contributed by atoms with Gasteiger partial charge in [-0.1, -0.05) is 0 Å². The van der Waals surface area contributed by atoms with Crippen molar-refractivity contribution in [2.45, 2.75) is 25.2 Å². The Morgan fingerprint density at radius 2 is 1.86 bits per heavy atom. The number of halogens is 1. The molecule has 1 aliphatic heterocycles. The SMILES string of the molecule is CNC(=O)C1=C(c2ccc(F)cc2)Oc2cc(NS(C)(=O)=O)c(C3CC3)cc2C1. The van der Waals surface area contributed by atoms with Gasteiger partial charge in [0.05, 0.1) is 17.5 Å². The van der Waals surface area contributed by atoms with Gasteiger partial charge in [0.2, 0.25) is 10.0 Å². The van der Waals surface area contributed by atoms with E-state index >= 15 is 0 Å². The largest absolute Gasteiger partial charge is 0.456 e. The first-order valence-electron chi connectivity index (χ1n) is 9.29. The van der Waals surface area contributed by atoms with Crippen molar-refractivity contribution in [3.8, 4) is 5.75 Å². The summed E-state index contributed by atoms with van der Waals surface area (Å²) in [6, 6.07) is 9.30. The zero-order valence-electron chi connectivity index (χ0n) is 16.1. The Balaban J connectivity index is 1.81. The summed E-state index contributed by atoms with van der Waals surface area (Å²) in [7, 11) is -1.91. The summed E-state index contributed by atoms with van der Waals surface area (Å²) < 4.78 is 45.6. The third-order valence-corrected chi connectivity index (χ3v) is 5.60. The van der Waals surface area contributed by atoms with Gasteiger partial charge in [0.25, 0.3) is 5.91 Å². The summed E-state index contributed by atoms with van der Waals surface area (Å²) in [6.07, 6.45) is 3.44. The molecule has 2 aliphatic rings. The average molecular weight is 416 g/mol. The molecule has 2 N–H and O–H groups in total. The third-order valence-electron chi connectivity index (χ3n) is 5.01. The summed E-state index contributed by atoms with van der Waals surface area (Å²) in [5.41, 5.74) is 3.24. The summed E-state index contributed by atoms with van der Waals surface area (Å²) in [5.74, 6) is 0.450. The van der Waals surface area contributed by atoms with Crippen LogP contribution in [-0.2, 0) is 21.2 Å². The molecule has 0 radical (unpaired) electrons. The molecule has 0 aromatic heterocycles. The van der Waals surface area contributed by atoms with Gasteiger partial charge in [-0.3, -0.25) is 9.52 Å². The summed E-state index contributed by atoms with van der Waals surface area (Å²) in [5, 5.41) is 2.63. The number of ether oxygens (including phenoxy) is 1. The Kier molecular flexibility index (Phi) is 4.82. The number of nitrogens with one attached hydrogen (secondary N) is 2. The van der Waals surface area contributed by atoms with Crippen LogP contribution in [0.4, 0.5) is 10.1 Å². The second-order valence-electron chi connectivity index (χ2n) is 7.37. The molecule has 1 fully saturated rings. The molecule has 152 valence electrons. The highest BCUT2D eigenvalue weighted by Gasteiger charge is 2.31. The Bertz CT molecular complexity index is 1120. The van der Waals surface area contributed by atoms with E-state index in [1.165, 1.54) is 12.1 Å². The Hall–Kier alpha value is -2.87. The zero-order chi connectivity index (χ0) is 20.8. The fourth-order valence-electron chi connectivity index (χ4n) is 3.51. The Labute approximate surface area is 168 Å². The van der Waals surface area contributed by atoms with E-state index in [2.05, 4.69) is 10.0 Å². The molecule has 2 aromatic carbocycles. The lowest BCUT2D eigenvalue weighted by molar-refractivity contribution is -0.117. The molecule has 1 heterocycles. The number of fused-ring (bicyclic) bond motifs is 1. The minimum atomic E-state index is -3.45. The lowest BCUT2D eigenvalue weighted by Crippen LogP contribution is -2.26. The van der Waals surface area contributed by atoms with Gasteiger partial charge in [-0.25, -0.2) is 12.8 Å². The van der Waals surface area contributed by atoms with Crippen molar-refractivity contribution in [1.29, 1.82) is 0 Å². The van der Waals surface area contributed by atoms with Crippen molar-refractivity contribution in [2.24, 2.45) is 0 Å². The van der Waals surface area contributed by atoms with Gasteiger partial charge in [0.1, 0.15) is 17.3 Å². The topological polar surface area (TPSA) is 84.5 Å². The number of carbonyl (C=O) groups is 1. The van der Waals surface area contributed by atoms with E-state index in [1.807, 2.05) is 6.07 Å². The quantitative estimate of drug-likeness (QED) is 0.784. The first-order valence-corrected chi connectivity index (χ1v) is 11.2. The predicted octanol–water partition coefficient (Wildman–Crippen LogP) is 3.17. The number of carbonyl (C=O) groups excluding carboxylic acids is 1. The molecule has 0 spiro atoms. The van der Waals surface area contributed by atoms with Gasteiger partial charge < -0.3 is 10.1 Å². The normalized spacial score (nSPS) is 16.1. The van der Waals surface area contributed by atoms with E-state index in [1.54, 1.807) is 25.2 Å². The van der Waals surface area contributed by atoms with E-state index in [0.29, 0.717) is 40.7 Å². The molecule has 2 aromatic rings. The molecule has 0 saturated heterocycles. The average Bonchev–Trinajstić information content (AvgIpc) is 3.50. The maximum atomic E-state index is 13.3. The van der Waals surface area contributed by atoms with Gasteiger partial charge in [-0.05, 0) is 60.2 Å². The number of sulfonamides is 1. The molecule has 0 unspecified atom stereocenters. The van der Waals surface area contributed by atoms with E-state index in [9.17, 15) is 17.6 Å². The van der Waals surface area contributed by atoms with Crippen LogP contribution in [0.2, 0.25) is 0 Å². The first-order chi connectivity index (χ1) is 13.7. The minimum absolute atomic E-state index is 0.277. The molecule has 29 heavy (non-hydrogen) atoms. The van der Waals surface area contributed by atoms with E-state index in [4.69, 9.17) is 4.74 Å². The van der Waals surface area contributed by atoms with E-state index < -0.39 is 10.0 Å². The van der Waals surface area contributed by atoms with Crippen molar-refractivity contribution >= 4 is 27.4 Å². The van der Waals surface area contributed by atoms with E-state index in [-0.39, 0.29) is 11.7 Å². The lowest BCUT2D eigenvalue weighted by atomic mass is 9.94. The monoisotopic (exact) mass is 416 g/mol. The fourth-order valence-corrected chi connectivity index (χ4v) is 4.08. The van der Waals surface area contributed by atoms with Crippen molar-refractivity contribution in [2.75, 3.05) is 18.0 Å². The summed E-state index contributed by atoms with van der Waals surface area (Å²) >= 11 is 0. The highest BCUT2D eigenvalue weighted by molar-refractivity contribution is 7.92. The van der Waals surface area contributed by atoms with Crippen LogP contribution in [0.15, 0.2) is 42.0 Å². The molecule has 8 heteroatoms. The molecule has 0 atom stereocenters. The van der Waals surface area contributed by atoms with Crippen LogP contribution in [-0.4, -0.2) is 27.6 Å². The van der Waals surface area contributed by atoms with Crippen LogP contribution in [0.3, 0.4) is 0 Å². The number of anilines is 1. The number of rotatable bonds is 5. The van der Waals surface area contributed by atoms with Crippen LogP contribution in [0.25, 0.3) is 5.76 Å². The fraction of sp³-hybridized carbons (Fsp3) is 0.286. The maximum Gasteiger partial charge on any atom is 0.251 e. The molecule has 1 saturated carbocycles. The first kappa shape index (κ1) is 19.4. The smallest absolute Gasteiger partial charge is 0.251 e. The molecular weight excluding hydrogens is 395 g/mol. The molecular formula is C21H21FN2O4S. The van der Waals surface area contributed by atoms with Gasteiger partial charge in [-0.2, -0.15) is 0 Å². The molecule has 1 amide bonds. The van der Waals surface area contributed by atoms with Crippen molar-refractivity contribution in [1.82, 2.24) is 5.32 Å². The van der Waals surface area contributed by atoms with Crippen LogP contribution in [0, 0.1) is 5.82 Å². The van der Waals surface area contributed by atoms with Crippen LogP contribution < -0.4 is 14.8 Å². The number of amides is 1. The van der Waals surface area contributed by atoms with Gasteiger partial charge in [-0.15, -0.1) is 0 Å². The van der Waals surface area contributed by atoms with Crippen LogP contribution in [0.5, 0.6) is 5.75 Å². The highest BCUT2D eigenvalue weighted by atomic mass is 32.2. The van der Waals surface area contributed by atoms with Gasteiger partial charge >= 0.3 is 0 Å². The van der Waals surface area contributed by atoms with E-state index in [0.717, 1.165) is 30.2 Å². The van der Waals surface area contributed by atoms with Crippen molar-refractivity contribution in [3.05, 3.63) is 64.5 Å². The van der Waals surface area contributed by atoms with Crippen LogP contribution in [0.1, 0.15) is 35.4 Å². The molecule has 1 aliphatic carbocycles. The second-order valence-corrected chi connectivity index (χ2v) is 9.12. The molecule has 0 bridgehead atoms. The standard InChI is InChI=1S/C21H21FN2O4S/c1-23-21(25)17-10-14-9-16(12-3-4-12)18(24-29(2,26)27)11-19(14)28-20(17)13-5-7-15(22)8-6-13/h5-9,11-12,24H,3-4,10H2,1-2H3,(H,23,25). The zero-order valence-corrected chi connectivity index (χ0v) is 16.9. The van der Waals surface area contributed by atoms with Crippen molar-refractivity contribution in [3.63, 3.8) is 0 Å². The number of hydrogen-bond donors (Lipinski definition) is 2. The lowest BCUT2D eigenvalue weighted by Gasteiger charge is -2.25. The van der Waals surface area contributed by atoms with Crippen LogP contribution >= 0.6 is 0 Å². The highest BCUT2D eigenvalue weighted by Crippen LogP contribution is 2.47. The third kappa shape index (κ3) is 4.12. The Morgan fingerprint density at radius 3 is 2.45 bits per heavy atom. The predicted molar refractivity (Wildman–Crippen MR) is 109 cm³/mol. The summed E-state index contributed by atoms with van der Waals surface area (Å²) in [6.45, 7) is 0. The molecule has 4 rings (SSSR count). The van der Waals surface area contributed by atoms with Gasteiger partial charge in [0.15, 0.2) is 0 Å². The number of benzene rings is 2. The van der Waals surface area contributed by atoms with Crippen molar-refractivity contribution < 1.29 is 22.3 Å². The Morgan fingerprint density at radius 1 is 1.17 bits per heavy atom. The second kappa shape index (κ2) is 7.18. The maximum absolute atomic E-state index is 13.3.